The Morgan fingerprint density at radius 1 is 1.15 bits per heavy atom. The third-order valence-electron chi connectivity index (χ3n) is 6.56. The van der Waals surface area contributed by atoms with Crippen LogP contribution in [0.1, 0.15) is 37.6 Å². The molecular formula is C18H28N4O3S. The lowest BCUT2D eigenvalue weighted by Crippen LogP contribution is -2.56. The molecule has 3 N–H and O–H groups in total. The van der Waals surface area contributed by atoms with Crippen LogP contribution in [0.25, 0.3) is 0 Å². The molecule has 2 saturated carbocycles. The van der Waals surface area contributed by atoms with Crippen molar-refractivity contribution in [3.8, 4) is 0 Å². The molecule has 3 fully saturated rings. The minimum atomic E-state index is -0.869. The third kappa shape index (κ3) is 3.12. The van der Waals surface area contributed by atoms with Gasteiger partial charge in [0.15, 0.2) is 0 Å². The van der Waals surface area contributed by atoms with E-state index in [0.717, 1.165) is 23.0 Å². The summed E-state index contributed by atoms with van der Waals surface area (Å²) in [5, 5.41) is 34.4. The topological polar surface area (TPSA) is 98.6 Å². The van der Waals surface area contributed by atoms with Crippen LogP contribution >= 0.6 is 11.3 Å². The molecule has 8 heteroatoms. The quantitative estimate of drug-likeness (QED) is 0.722. The molecule has 3 aliphatic rings. The number of aryl methyl sites for hydroxylation is 1. The van der Waals surface area contributed by atoms with Crippen LogP contribution in [0.2, 0.25) is 0 Å². The molecule has 1 amide bonds. The monoisotopic (exact) mass is 380 g/mol. The molecule has 2 aliphatic carbocycles. The van der Waals surface area contributed by atoms with Crippen LogP contribution in [0.3, 0.4) is 0 Å². The Morgan fingerprint density at radius 3 is 2.50 bits per heavy atom. The first-order valence-electron chi connectivity index (χ1n) is 9.67. The molecule has 0 radical (unpaired) electrons. The number of rotatable bonds is 3. The number of aromatic nitrogens is 2. The molecule has 26 heavy (non-hydrogen) atoms. The van der Waals surface area contributed by atoms with Gasteiger partial charge in [0.1, 0.15) is 5.01 Å². The van der Waals surface area contributed by atoms with E-state index in [2.05, 4.69) is 20.4 Å². The predicted molar refractivity (Wildman–Crippen MR) is 98.9 cm³/mol. The second-order valence-electron chi connectivity index (χ2n) is 8.19. The molecule has 0 aromatic carbocycles. The summed E-state index contributed by atoms with van der Waals surface area (Å²) in [6.45, 7) is 5.09. The summed E-state index contributed by atoms with van der Waals surface area (Å²) in [4.78, 5) is 15.2. The number of aliphatic hydroxyl groups excluding tert-OH is 2. The Hall–Kier alpha value is -1.25. The molecule has 0 unspecified atom stereocenters. The summed E-state index contributed by atoms with van der Waals surface area (Å²) in [5.74, 6) is -0.596. The van der Waals surface area contributed by atoms with E-state index in [1.165, 1.54) is 24.2 Å². The Labute approximate surface area is 157 Å². The summed E-state index contributed by atoms with van der Waals surface area (Å²) in [7, 11) is 0. The van der Waals surface area contributed by atoms with Crippen molar-refractivity contribution < 1.29 is 15.0 Å². The summed E-state index contributed by atoms with van der Waals surface area (Å²) in [6.07, 6.45) is 2.76. The van der Waals surface area contributed by atoms with E-state index >= 15 is 0 Å². The van der Waals surface area contributed by atoms with Crippen molar-refractivity contribution in [1.29, 1.82) is 0 Å². The zero-order valence-electron chi connectivity index (χ0n) is 15.3. The lowest BCUT2D eigenvalue weighted by Gasteiger charge is -2.43. The zero-order valence-corrected chi connectivity index (χ0v) is 16.2. The molecule has 144 valence electrons. The maximum absolute atomic E-state index is 13.1. The Balaban J connectivity index is 1.55. The summed E-state index contributed by atoms with van der Waals surface area (Å²) >= 11 is 1.53. The van der Waals surface area contributed by atoms with E-state index < -0.39 is 12.2 Å². The highest BCUT2D eigenvalue weighted by Gasteiger charge is 2.54. The van der Waals surface area contributed by atoms with E-state index in [0.29, 0.717) is 13.1 Å². The molecule has 1 aromatic heterocycles. The van der Waals surface area contributed by atoms with Crippen molar-refractivity contribution in [2.45, 2.75) is 57.8 Å². The smallest absolute Gasteiger partial charge is 0.224 e. The van der Waals surface area contributed by atoms with Crippen LogP contribution in [0.5, 0.6) is 0 Å². The van der Waals surface area contributed by atoms with Crippen LogP contribution in [-0.2, 0) is 4.79 Å². The van der Waals surface area contributed by atoms with Crippen LogP contribution in [0, 0.1) is 30.6 Å². The highest BCUT2D eigenvalue weighted by Crippen LogP contribution is 2.45. The lowest BCUT2D eigenvalue weighted by atomic mass is 9.65. The van der Waals surface area contributed by atoms with E-state index in [1.54, 1.807) is 0 Å². The molecule has 4 rings (SSSR count). The highest BCUT2D eigenvalue weighted by atomic mass is 32.1. The van der Waals surface area contributed by atoms with E-state index in [9.17, 15) is 15.0 Å². The fraction of sp³-hybridized carbons (Fsp3) is 0.833. The fourth-order valence-electron chi connectivity index (χ4n) is 5.13. The summed E-state index contributed by atoms with van der Waals surface area (Å²) in [5.41, 5.74) is 0. The number of carbonyl (C=O) groups is 1. The Bertz CT molecular complexity index is 663. The number of anilines is 1. The number of nitrogens with one attached hydrogen (secondary N) is 1. The summed E-state index contributed by atoms with van der Waals surface area (Å²) in [6, 6.07) is 0.264. The van der Waals surface area contributed by atoms with Crippen molar-refractivity contribution in [3.05, 3.63) is 5.01 Å². The summed E-state index contributed by atoms with van der Waals surface area (Å²) < 4.78 is 0. The number of carbonyl (C=O) groups excluding carboxylic acids is 1. The van der Waals surface area contributed by atoms with Gasteiger partial charge in [-0.2, -0.15) is 0 Å². The maximum Gasteiger partial charge on any atom is 0.224 e. The zero-order chi connectivity index (χ0) is 18.4. The average molecular weight is 381 g/mol. The van der Waals surface area contributed by atoms with Crippen molar-refractivity contribution >= 4 is 22.4 Å². The van der Waals surface area contributed by atoms with Crippen LogP contribution in [-0.4, -0.2) is 57.7 Å². The highest BCUT2D eigenvalue weighted by molar-refractivity contribution is 7.15. The predicted octanol–water partition coefficient (Wildman–Crippen LogP) is 0.945. The number of amides is 1. The van der Waals surface area contributed by atoms with Gasteiger partial charge in [0.05, 0.1) is 12.2 Å². The first-order chi connectivity index (χ1) is 12.5. The van der Waals surface area contributed by atoms with Gasteiger partial charge in [-0.25, -0.2) is 0 Å². The van der Waals surface area contributed by atoms with Gasteiger partial charge in [-0.15, -0.1) is 10.2 Å². The van der Waals surface area contributed by atoms with Gasteiger partial charge >= 0.3 is 0 Å². The molecule has 0 bridgehead atoms. The molecule has 1 saturated heterocycles. The molecule has 1 aliphatic heterocycles. The van der Waals surface area contributed by atoms with Crippen molar-refractivity contribution in [3.63, 3.8) is 0 Å². The van der Waals surface area contributed by atoms with E-state index in [1.807, 2.05) is 13.8 Å². The van der Waals surface area contributed by atoms with Gasteiger partial charge in [0, 0.05) is 31.0 Å². The number of hydrogen-bond donors (Lipinski definition) is 3. The van der Waals surface area contributed by atoms with Crippen LogP contribution in [0.15, 0.2) is 0 Å². The SMILES string of the molecule is Cc1nnc(N2C[C@@H]3[C@H](O)[C@@H](O)[C@H](C)[C@H](C(=O)NC4CCCC4)[C@H]3C2)s1. The first-order valence-corrected chi connectivity index (χ1v) is 10.5. The van der Waals surface area contributed by atoms with Gasteiger partial charge in [-0.05, 0) is 31.6 Å². The average Bonchev–Trinajstić information content (AvgIpc) is 3.33. The lowest BCUT2D eigenvalue weighted by molar-refractivity contribution is -0.146. The molecular weight excluding hydrogens is 352 g/mol. The van der Waals surface area contributed by atoms with Gasteiger partial charge in [0.25, 0.3) is 0 Å². The van der Waals surface area contributed by atoms with Crippen LogP contribution in [0.4, 0.5) is 5.13 Å². The minimum Gasteiger partial charge on any atom is -0.390 e. The number of nitrogens with zero attached hydrogens (tertiary/aromatic N) is 3. The third-order valence-corrected chi connectivity index (χ3v) is 7.46. The Morgan fingerprint density at radius 2 is 1.85 bits per heavy atom. The second kappa shape index (κ2) is 7.05. The second-order valence-corrected chi connectivity index (χ2v) is 9.35. The number of fused-ring (bicyclic) bond motifs is 1. The first kappa shape index (κ1) is 18.1. The van der Waals surface area contributed by atoms with Gasteiger partial charge < -0.3 is 20.4 Å². The number of hydrogen-bond acceptors (Lipinski definition) is 7. The van der Waals surface area contributed by atoms with Gasteiger partial charge in [-0.1, -0.05) is 31.1 Å². The number of aliphatic hydroxyl groups is 2. The molecule has 1 aromatic rings. The molecule has 7 nitrogen and oxygen atoms in total. The van der Waals surface area contributed by atoms with E-state index in [-0.39, 0.29) is 35.6 Å². The van der Waals surface area contributed by atoms with Crippen molar-refractivity contribution in [2.75, 3.05) is 18.0 Å². The largest absolute Gasteiger partial charge is 0.390 e. The fourth-order valence-corrected chi connectivity index (χ4v) is 5.84. The van der Waals surface area contributed by atoms with Gasteiger partial charge in [0.2, 0.25) is 11.0 Å². The van der Waals surface area contributed by atoms with Crippen molar-refractivity contribution in [2.24, 2.45) is 23.7 Å². The maximum atomic E-state index is 13.1. The molecule has 0 spiro atoms. The standard InChI is InChI=1S/C18H28N4O3S/c1-9-14(17(25)19-11-5-3-4-6-11)12-7-22(18-21-20-10(2)26-18)8-13(12)16(24)15(9)23/h9,11-16,23-24H,3-8H2,1-2H3,(H,19,25)/t9-,12+,13+,14+,15+,16+/m1/s1. The normalized spacial score (nSPS) is 37.8. The van der Waals surface area contributed by atoms with Gasteiger partial charge in [-0.3, -0.25) is 4.79 Å². The van der Waals surface area contributed by atoms with E-state index in [4.69, 9.17) is 0 Å². The Kier molecular flexibility index (Phi) is 4.92. The van der Waals surface area contributed by atoms with Crippen LogP contribution < -0.4 is 10.2 Å². The molecule has 2 heterocycles. The van der Waals surface area contributed by atoms with Crippen molar-refractivity contribution in [1.82, 2.24) is 15.5 Å². The minimum absolute atomic E-state index is 0.0222. The molecule has 6 atom stereocenters.